The molecule has 4 nitrogen and oxygen atoms in total. The third-order valence-electron chi connectivity index (χ3n) is 3.89. The van der Waals surface area contributed by atoms with E-state index in [1.807, 2.05) is 0 Å². The summed E-state index contributed by atoms with van der Waals surface area (Å²) < 4.78 is 4.68. The summed E-state index contributed by atoms with van der Waals surface area (Å²) in [7, 11) is 1.25. The third kappa shape index (κ3) is 4.29. The molecular formula is C17H25ClO4. The highest BCUT2D eigenvalue weighted by Crippen LogP contribution is 2.41. The van der Waals surface area contributed by atoms with Crippen molar-refractivity contribution < 1.29 is 19.7 Å². The van der Waals surface area contributed by atoms with Crippen LogP contribution in [0.4, 0.5) is 0 Å². The molecule has 0 bridgehead atoms. The van der Waals surface area contributed by atoms with Gasteiger partial charge in [-0.25, -0.2) is 4.79 Å². The predicted molar refractivity (Wildman–Crippen MR) is 87.9 cm³/mol. The average Bonchev–Trinajstić information content (AvgIpc) is 2.51. The number of phenolic OH excluding ortho intramolecular Hbond substituents is 2. The van der Waals surface area contributed by atoms with Crippen LogP contribution in [0.2, 0.25) is 5.02 Å². The minimum absolute atomic E-state index is 0.0336. The van der Waals surface area contributed by atoms with Crippen molar-refractivity contribution in [2.75, 3.05) is 7.11 Å². The van der Waals surface area contributed by atoms with Crippen LogP contribution in [0.3, 0.4) is 0 Å². The van der Waals surface area contributed by atoms with Crippen LogP contribution in [0, 0.1) is 6.92 Å². The zero-order chi connectivity index (χ0) is 16.7. The van der Waals surface area contributed by atoms with Gasteiger partial charge in [0.1, 0.15) is 17.1 Å². The van der Waals surface area contributed by atoms with Gasteiger partial charge in [0, 0.05) is 5.56 Å². The van der Waals surface area contributed by atoms with Crippen molar-refractivity contribution in [3.05, 3.63) is 21.7 Å². The zero-order valence-corrected chi connectivity index (χ0v) is 14.3. The first kappa shape index (κ1) is 18.6. The summed E-state index contributed by atoms with van der Waals surface area (Å²) in [6.45, 7) is 3.74. The van der Waals surface area contributed by atoms with E-state index in [1.165, 1.54) is 26.4 Å². The van der Waals surface area contributed by atoms with Gasteiger partial charge < -0.3 is 14.9 Å². The van der Waals surface area contributed by atoms with E-state index in [0.717, 1.165) is 19.3 Å². The Morgan fingerprint density at radius 2 is 1.68 bits per heavy atom. The van der Waals surface area contributed by atoms with Gasteiger partial charge in [0.15, 0.2) is 0 Å². The Bertz CT molecular complexity index is 526. The lowest BCUT2D eigenvalue weighted by atomic mass is 9.97. The molecule has 0 saturated heterocycles. The number of halogens is 1. The Morgan fingerprint density at radius 3 is 2.27 bits per heavy atom. The molecule has 0 aromatic heterocycles. The molecule has 1 aromatic rings. The summed E-state index contributed by atoms with van der Waals surface area (Å²) in [5.74, 6) is -1.02. The van der Waals surface area contributed by atoms with E-state index < -0.39 is 5.97 Å². The molecule has 1 rings (SSSR count). The van der Waals surface area contributed by atoms with E-state index in [2.05, 4.69) is 11.7 Å². The van der Waals surface area contributed by atoms with Gasteiger partial charge in [0.25, 0.3) is 0 Å². The smallest absolute Gasteiger partial charge is 0.341 e. The number of aromatic hydroxyl groups is 2. The van der Waals surface area contributed by atoms with Crippen LogP contribution in [-0.2, 0) is 11.2 Å². The normalized spacial score (nSPS) is 10.7. The predicted octanol–water partition coefficient (Wildman–Crippen LogP) is 4.75. The number of hydrogen-bond donors (Lipinski definition) is 2. The maximum Gasteiger partial charge on any atom is 0.341 e. The van der Waals surface area contributed by atoms with E-state index >= 15 is 0 Å². The maximum atomic E-state index is 11.8. The fraction of sp³-hybridized carbons (Fsp3) is 0.588. The number of ether oxygens (including phenoxy) is 1. The highest BCUT2D eigenvalue weighted by atomic mass is 35.5. The van der Waals surface area contributed by atoms with Gasteiger partial charge in [0.2, 0.25) is 0 Å². The Labute approximate surface area is 137 Å². The van der Waals surface area contributed by atoms with Crippen molar-refractivity contribution in [3.63, 3.8) is 0 Å². The molecule has 0 spiro atoms. The Hall–Kier alpha value is -1.42. The number of benzene rings is 1. The van der Waals surface area contributed by atoms with Crippen LogP contribution in [0.15, 0.2) is 0 Å². The lowest BCUT2D eigenvalue weighted by molar-refractivity contribution is 0.0596. The molecule has 0 radical (unpaired) electrons. The van der Waals surface area contributed by atoms with Crippen molar-refractivity contribution in [3.8, 4) is 11.5 Å². The summed E-state index contributed by atoms with van der Waals surface area (Å²) in [5.41, 5.74) is 0.688. The number of methoxy groups -OCH3 is 1. The molecule has 0 heterocycles. The molecule has 1 aromatic carbocycles. The van der Waals surface area contributed by atoms with Crippen molar-refractivity contribution >= 4 is 17.6 Å². The second kappa shape index (κ2) is 8.89. The average molecular weight is 329 g/mol. The molecule has 0 aliphatic rings. The lowest BCUT2D eigenvalue weighted by Gasteiger charge is -2.15. The van der Waals surface area contributed by atoms with Gasteiger partial charge >= 0.3 is 5.97 Å². The standard InChI is InChI=1S/C17H25ClO4/c1-4-5-6-7-8-9-10-12-15(19)13(17(21)22-3)11(2)14(18)16(12)20/h19-20H,4-10H2,1-3H3. The first-order chi connectivity index (χ1) is 10.5. The van der Waals surface area contributed by atoms with Gasteiger partial charge in [-0.15, -0.1) is 0 Å². The molecule has 22 heavy (non-hydrogen) atoms. The largest absolute Gasteiger partial charge is 0.507 e. The topological polar surface area (TPSA) is 66.8 Å². The van der Waals surface area contributed by atoms with Crippen LogP contribution in [0.1, 0.15) is 66.9 Å². The Balaban J connectivity index is 2.90. The maximum absolute atomic E-state index is 11.8. The first-order valence-corrected chi connectivity index (χ1v) is 8.14. The molecule has 0 aliphatic carbocycles. The first-order valence-electron chi connectivity index (χ1n) is 7.76. The molecule has 0 saturated carbocycles. The summed E-state index contributed by atoms with van der Waals surface area (Å²) in [6.07, 6.45) is 7.04. The molecule has 0 amide bonds. The molecular weight excluding hydrogens is 304 g/mol. The quantitative estimate of drug-likeness (QED) is 0.534. The second-order valence-corrected chi connectivity index (χ2v) is 5.88. The van der Waals surface area contributed by atoms with Gasteiger partial charge in [-0.05, 0) is 25.3 Å². The van der Waals surface area contributed by atoms with Crippen LogP contribution in [0.25, 0.3) is 0 Å². The SMILES string of the molecule is CCCCCCCCc1c(O)c(Cl)c(C)c(C(=O)OC)c1O. The number of phenols is 2. The summed E-state index contributed by atoms with van der Waals surface area (Å²) in [4.78, 5) is 11.8. The Kier molecular flexibility index (Phi) is 7.52. The zero-order valence-electron chi connectivity index (χ0n) is 13.5. The highest BCUT2D eigenvalue weighted by Gasteiger charge is 2.24. The molecule has 5 heteroatoms. The van der Waals surface area contributed by atoms with E-state index in [0.29, 0.717) is 17.5 Å². The number of rotatable bonds is 8. The van der Waals surface area contributed by atoms with E-state index in [9.17, 15) is 15.0 Å². The molecule has 124 valence electrons. The second-order valence-electron chi connectivity index (χ2n) is 5.50. The minimum atomic E-state index is -0.652. The third-order valence-corrected chi connectivity index (χ3v) is 4.35. The number of carbonyl (C=O) groups excluding carboxylic acids is 1. The minimum Gasteiger partial charge on any atom is -0.507 e. The van der Waals surface area contributed by atoms with E-state index in [1.54, 1.807) is 6.92 Å². The monoisotopic (exact) mass is 328 g/mol. The number of unbranched alkanes of at least 4 members (excludes halogenated alkanes) is 5. The van der Waals surface area contributed by atoms with E-state index in [4.69, 9.17) is 11.6 Å². The molecule has 0 fully saturated rings. The van der Waals surface area contributed by atoms with Gasteiger partial charge in [-0.2, -0.15) is 0 Å². The summed E-state index contributed by atoms with van der Waals surface area (Å²) in [5, 5.41) is 20.5. The number of esters is 1. The van der Waals surface area contributed by atoms with Crippen LogP contribution in [0.5, 0.6) is 11.5 Å². The number of hydrogen-bond acceptors (Lipinski definition) is 4. The van der Waals surface area contributed by atoms with Crippen LogP contribution >= 0.6 is 11.6 Å². The lowest BCUT2D eigenvalue weighted by Crippen LogP contribution is -2.07. The van der Waals surface area contributed by atoms with Crippen LogP contribution in [-0.4, -0.2) is 23.3 Å². The fourth-order valence-corrected chi connectivity index (χ4v) is 2.74. The summed E-state index contributed by atoms with van der Waals surface area (Å²) in [6, 6.07) is 0. The highest BCUT2D eigenvalue weighted by molar-refractivity contribution is 6.33. The van der Waals surface area contributed by atoms with E-state index in [-0.39, 0.29) is 22.1 Å². The van der Waals surface area contributed by atoms with Gasteiger partial charge in [-0.1, -0.05) is 50.6 Å². The fourth-order valence-electron chi connectivity index (χ4n) is 2.53. The van der Waals surface area contributed by atoms with Crippen molar-refractivity contribution in [2.45, 2.75) is 58.8 Å². The van der Waals surface area contributed by atoms with Crippen molar-refractivity contribution in [2.24, 2.45) is 0 Å². The summed E-state index contributed by atoms with van der Waals surface area (Å²) >= 11 is 6.07. The molecule has 0 aliphatic heterocycles. The molecule has 2 N–H and O–H groups in total. The van der Waals surface area contributed by atoms with Gasteiger partial charge in [0.05, 0.1) is 12.1 Å². The van der Waals surface area contributed by atoms with Gasteiger partial charge in [-0.3, -0.25) is 0 Å². The molecule has 0 unspecified atom stereocenters. The van der Waals surface area contributed by atoms with Crippen molar-refractivity contribution in [1.82, 2.24) is 0 Å². The molecule has 0 atom stereocenters. The van der Waals surface area contributed by atoms with Crippen molar-refractivity contribution in [1.29, 1.82) is 0 Å². The number of carbonyl (C=O) groups is 1. The Morgan fingerprint density at radius 1 is 1.09 bits per heavy atom. The van der Waals surface area contributed by atoms with Crippen LogP contribution < -0.4 is 0 Å².